The van der Waals surface area contributed by atoms with Gasteiger partial charge >= 0.3 is 0 Å². The third-order valence-electron chi connectivity index (χ3n) is 2.29. The van der Waals surface area contributed by atoms with E-state index in [0.29, 0.717) is 23.3 Å². The molecule has 0 fully saturated rings. The fourth-order valence-corrected chi connectivity index (χ4v) is 1.40. The summed E-state index contributed by atoms with van der Waals surface area (Å²) in [6.07, 6.45) is 3.37. The second-order valence-electron chi connectivity index (χ2n) is 4.20. The molecule has 0 atom stereocenters. The third kappa shape index (κ3) is 2.75. The van der Waals surface area contributed by atoms with Gasteiger partial charge in [0.15, 0.2) is 5.75 Å². The number of hydrogen-bond donors (Lipinski definition) is 2. The van der Waals surface area contributed by atoms with Crippen LogP contribution in [0, 0.1) is 0 Å². The van der Waals surface area contributed by atoms with E-state index >= 15 is 0 Å². The van der Waals surface area contributed by atoms with Gasteiger partial charge in [-0.2, -0.15) is 10.1 Å². The maximum atomic E-state index is 5.60. The monoisotopic (exact) mass is 248 g/mol. The molecule has 0 aliphatic carbocycles. The molecular formula is C11H16N6O. The molecule has 0 bridgehead atoms. The number of ether oxygens (including phenoxy) is 1. The molecule has 7 heteroatoms. The second-order valence-corrected chi connectivity index (χ2v) is 4.20. The van der Waals surface area contributed by atoms with Gasteiger partial charge in [-0.3, -0.25) is 4.68 Å². The first-order valence-electron chi connectivity index (χ1n) is 5.60. The average Bonchev–Trinajstić information content (AvgIpc) is 2.74. The molecule has 2 aromatic heterocycles. The van der Waals surface area contributed by atoms with Crippen LogP contribution < -0.4 is 16.0 Å². The third-order valence-corrected chi connectivity index (χ3v) is 2.29. The van der Waals surface area contributed by atoms with Crippen molar-refractivity contribution in [2.24, 2.45) is 12.9 Å². The number of nitrogens with two attached hydrogens (primary N) is 1. The van der Waals surface area contributed by atoms with Crippen LogP contribution in [0.15, 0.2) is 18.5 Å². The minimum Gasteiger partial charge on any atom is -0.436 e. The van der Waals surface area contributed by atoms with Gasteiger partial charge in [-0.15, -0.1) is 0 Å². The predicted molar refractivity (Wildman–Crippen MR) is 67.2 cm³/mol. The lowest BCUT2D eigenvalue weighted by Gasteiger charge is -2.09. The number of nitrogen functional groups attached to an aromatic ring is 1. The van der Waals surface area contributed by atoms with Crippen molar-refractivity contribution < 1.29 is 4.74 Å². The summed E-state index contributed by atoms with van der Waals surface area (Å²) in [6.45, 7) is 4.01. The zero-order valence-corrected chi connectivity index (χ0v) is 10.6. The van der Waals surface area contributed by atoms with Crippen LogP contribution in [-0.2, 0) is 7.05 Å². The Morgan fingerprint density at radius 3 is 2.72 bits per heavy atom. The van der Waals surface area contributed by atoms with E-state index < -0.39 is 0 Å². The Labute approximate surface area is 105 Å². The highest BCUT2D eigenvalue weighted by Gasteiger charge is 2.09. The Bertz CT molecular complexity index is 536. The molecule has 0 aromatic carbocycles. The SMILES string of the molecule is CC(C)c1nc(NN)cc(Oc2cnn(C)c2)n1. The molecule has 18 heavy (non-hydrogen) atoms. The van der Waals surface area contributed by atoms with Gasteiger partial charge in [0, 0.05) is 19.0 Å². The van der Waals surface area contributed by atoms with Crippen molar-refractivity contribution in [1.82, 2.24) is 19.7 Å². The van der Waals surface area contributed by atoms with Crippen molar-refractivity contribution in [3.05, 3.63) is 24.3 Å². The van der Waals surface area contributed by atoms with Crippen LogP contribution >= 0.6 is 0 Å². The van der Waals surface area contributed by atoms with E-state index in [1.165, 1.54) is 0 Å². The van der Waals surface area contributed by atoms with Crippen molar-refractivity contribution in [1.29, 1.82) is 0 Å². The Morgan fingerprint density at radius 1 is 1.39 bits per heavy atom. The number of hydrogen-bond acceptors (Lipinski definition) is 6. The topological polar surface area (TPSA) is 90.9 Å². The summed E-state index contributed by atoms with van der Waals surface area (Å²) >= 11 is 0. The summed E-state index contributed by atoms with van der Waals surface area (Å²) in [5.74, 6) is 7.81. The highest BCUT2D eigenvalue weighted by molar-refractivity contribution is 5.38. The standard InChI is InChI=1S/C11H16N6O/c1-7(2)11-14-9(16-12)4-10(15-11)18-8-5-13-17(3)6-8/h4-7H,12H2,1-3H3,(H,14,15,16). The van der Waals surface area contributed by atoms with E-state index in [1.807, 2.05) is 20.9 Å². The smallest absolute Gasteiger partial charge is 0.224 e. The summed E-state index contributed by atoms with van der Waals surface area (Å²) in [5.41, 5.74) is 2.50. The van der Waals surface area contributed by atoms with E-state index in [1.54, 1.807) is 23.1 Å². The first kappa shape index (κ1) is 12.3. The van der Waals surface area contributed by atoms with Gasteiger partial charge in [-0.05, 0) is 0 Å². The van der Waals surface area contributed by atoms with Crippen molar-refractivity contribution >= 4 is 5.82 Å². The zero-order chi connectivity index (χ0) is 13.1. The maximum absolute atomic E-state index is 5.60. The van der Waals surface area contributed by atoms with E-state index in [2.05, 4.69) is 20.5 Å². The van der Waals surface area contributed by atoms with Crippen molar-refractivity contribution in [2.75, 3.05) is 5.43 Å². The quantitative estimate of drug-likeness (QED) is 0.628. The van der Waals surface area contributed by atoms with Gasteiger partial charge in [0.1, 0.15) is 11.6 Å². The minimum atomic E-state index is 0.189. The summed E-state index contributed by atoms with van der Waals surface area (Å²) in [7, 11) is 1.82. The van der Waals surface area contributed by atoms with Crippen LogP contribution in [0.1, 0.15) is 25.6 Å². The van der Waals surface area contributed by atoms with Crippen LogP contribution in [-0.4, -0.2) is 19.7 Å². The Morgan fingerprint density at radius 2 is 2.17 bits per heavy atom. The maximum Gasteiger partial charge on any atom is 0.224 e. The van der Waals surface area contributed by atoms with E-state index in [4.69, 9.17) is 10.6 Å². The fourth-order valence-electron chi connectivity index (χ4n) is 1.40. The number of aromatic nitrogens is 4. The second kappa shape index (κ2) is 5.01. The molecule has 7 nitrogen and oxygen atoms in total. The van der Waals surface area contributed by atoms with Crippen molar-refractivity contribution in [2.45, 2.75) is 19.8 Å². The van der Waals surface area contributed by atoms with Gasteiger partial charge in [0.05, 0.1) is 12.4 Å². The summed E-state index contributed by atoms with van der Waals surface area (Å²) in [6, 6.07) is 1.64. The first-order chi connectivity index (χ1) is 8.58. The molecule has 0 saturated heterocycles. The molecule has 0 unspecified atom stereocenters. The molecule has 2 aromatic rings. The number of anilines is 1. The summed E-state index contributed by atoms with van der Waals surface area (Å²) in [4.78, 5) is 8.57. The van der Waals surface area contributed by atoms with Gasteiger partial charge in [0.2, 0.25) is 5.88 Å². The minimum absolute atomic E-state index is 0.189. The highest BCUT2D eigenvalue weighted by atomic mass is 16.5. The number of hydrazine groups is 1. The molecule has 2 heterocycles. The molecule has 3 N–H and O–H groups in total. The van der Waals surface area contributed by atoms with Crippen LogP contribution in [0.4, 0.5) is 5.82 Å². The first-order valence-corrected chi connectivity index (χ1v) is 5.60. The van der Waals surface area contributed by atoms with Crippen LogP contribution in [0.2, 0.25) is 0 Å². The lowest BCUT2D eigenvalue weighted by atomic mass is 10.2. The molecule has 0 aliphatic heterocycles. The van der Waals surface area contributed by atoms with Crippen LogP contribution in [0.25, 0.3) is 0 Å². The summed E-state index contributed by atoms with van der Waals surface area (Å²) < 4.78 is 7.26. The fraction of sp³-hybridized carbons (Fsp3) is 0.364. The number of nitrogens with one attached hydrogen (secondary N) is 1. The Kier molecular flexibility index (Phi) is 3.42. The summed E-state index contributed by atoms with van der Waals surface area (Å²) in [5, 5.41) is 4.02. The number of aryl methyl sites for hydroxylation is 1. The Hall–Kier alpha value is -2.15. The van der Waals surface area contributed by atoms with E-state index in [9.17, 15) is 0 Å². The Balaban J connectivity index is 2.29. The zero-order valence-electron chi connectivity index (χ0n) is 10.6. The molecule has 0 saturated carbocycles. The molecule has 0 amide bonds. The van der Waals surface area contributed by atoms with Gasteiger partial charge < -0.3 is 10.2 Å². The lowest BCUT2D eigenvalue weighted by Crippen LogP contribution is -2.11. The van der Waals surface area contributed by atoms with Crippen LogP contribution in [0.3, 0.4) is 0 Å². The van der Waals surface area contributed by atoms with Gasteiger partial charge in [-0.25, -0.2) is 10.8 Å². The van der Waals surface area contributed by atoms with Gasteiger partial charge in [0.25, 0.3) is 0 Å². The van der Waals surface area contributed by atoms with Crippen LogP contribution in [0.5, 0.6) is 11.6 Å². The highest BCUT2D eigenvalue weighted by Crippen LogP contribution is 2.22. The molecular weight excluding hydrogens is 232 g/mol. The molecule has 0 spiro atoms. The molecule has 0 radical (unpaired) electrons. The number of rotatable bonds is 4. The predicted octanol–water partition coefficient (Wildman–Crippen LogP) is 1.41. The van der Waals surface area contributed by atoms with E-state index in [0.717, 1.165) is 0 Å². The van der Waals surface area contributed by atoms with Gasteiger partial charge in [-0.1, -0.05) is 13.8 Å². The molecule has 0 aliphatic rings. The van der Waals surface area contributed by atoms with Crippen molar-refractivity contribution in [3.63, 3.8) is 0 Å². The lowest BCUT2D eigenvalue weighted by molar-refractivity contribution is 0.456. The molecule has 96 valence electrons. The van der Waals surface area contributed by atoms with Crippen molar-refractivity contribution in [3.8, 4) is 11.6 Å². The molecule has 2 rings (SSSR count). The normalized spacial score (nSPS) is 10.7. The van der Waals surface area contributed by atoms with E-state index in [-0.39, 0.29) is 5.92 Å². The average molecular weight is 248 g/mol. The number of nitrogens with zero attached hydrogens (tertiary/aromatic N) is 4. The largest absolute Gasteiger partial charge is 0.436 e.